The number of carbonyl (C=O) groups excluding carboxylic acids is 1. The van der Waals surface area contributed by atoms with Crippen molar-refractivity contribution >= 4 is 27.7 Å². The summed E-state index contributed by atoms with van der Waals surface area (Å²) in [4.78, 5) is 16.8. The highest BCUT2D eigenvalue weighted by atomic mass is 79.9. The van der Waals surface area contributed by atoms with Gasteiger partial charge in [0.2, 0.25) is 0 Å². The molecule has 0 aromatic heterocycles. The highest BCUT2D eigenvalue weighted by Gasteiger charge is 2.31. The molecule has 2 aliphatic heterocycles. The number of rotatable bonds is 2. The third-order valence-corrected chi connectivity index (χ3v) is 5.95. The van der Waals surface area contributed by atoms with E-state index < -0.39 is 5.60 Å². The lowest BCUT2D eigenvalue weighted by Crippen LogP contribution is -2.42. The molecule has 150 valence electrons. The highest BCUT2D eigenvalue weighted by Crippen LogP contribution is 2.44. The van der Waals surface area contributed by atoms with Gasteiger partial charge >= 0.3 is 6.09 Å². The predicted molar refractivity (Wildman–Crippen MR) is 112 cm³/mol. The van der Waals surface area contributed by atoms with Crippen LogP contribution in [-0.2, 0) is 17.6 Å². The van der Waals surface area contributed by atoms with Gasteiger partial charge in [0.15, 0.2) is 0 Å². The van der Waals surface area contributed by atoms with Gasteiger partial charge in [-0.2, -0.15) is 0 Å². The van der Waals surface area contributed by atoms with Gasteiger partial charge in [0.05, 0.1) is 11.7 Å². The van der Waals surface area contributed by atoms with Crippen molar-refractivity contribution in [1.82, 2.24) is 4.90 Å². The second-order valence-electron chi connectivity index (χ2n) is 8.50. The van der Waals surface area contributed by atoms with E-state index in [9.17, 15) is 4.79 Å². The van der Waals surface area contributed by atoms with E-state index in [2.05, 4.69) is 40.7 Å². The third kappa shape index (κ3) is 4.36. The van der Waals surface area contributed by atoms with Crippen molar-refractivity contribution in [3.05, 3.63) is 21.7 Å². The maximum absolute atomic E-state index is 12.5. The number of hydrogen-bond acceptors (Lipinski definition) is 4. The number of nitrogens with zero attached hydrogens (tertiary/aromatic N) is 2. The SMILES string of the molecule is CCCN1c2c(cc3c(c2Br)CCN(C(=O)OC(C)(C)C)CC3)OC[C@H]1C. The van der Waals surface area contributed by atoms with Crippen LogP contribution in [0.4, 0.5) is 10.5 Å². The molecule has 6 heteroatoms. The molecule has 2 heterocycles. The maximum atomic E-state index is 12.5. The summed E-state index contributed by atoms with van der Waals surface area (Å²) in [6.07, 6.45) is 2.50. The van der Waals surface area contributed by atoms with Crippen molar-refractivity contribution < 1.29 is 14.3 Å². The first-order valence-electron chi connectivity index (χ1n) is 9.93. The molecule has 1 aromatic carbocycles. The number of ether oxygens (including phenoxy) is 2. The zero-order chi connectivity index (χ0) is 19.8. The second-order valence-corrected chi connectivity index (χ2v) is 9.29. The van der Waals surface area contributed by atoms with Crippen LogP contribution in [-0.4, -0.2) is 48.9 Å². The summed E-state index contributed by atoms with van der Waals surface area (Å²) in [7, 11) is 0. The summed E-state index contributed by atoms with van der Waals surface area (Å²) >= 11 is 3.87. The standard InChI is InChI=1S/C21H31BrN2O3/c1-6-9-24-14(2)13-26-17-12-15-7-10-23(20(25)27-21(3,4)5)11-8-16(15)18(22)19(17)24/h12,14H,6-11,13H2,1-5H3/t14-/m1/s1. The van der Waals surface area contributed by atoms with Gasteiger partial charge in [-0.3, -0.25) is 0 Å². The molecule has 1 atom stereocenters. The van der Waals surface area contributed by atoms with Gasteiger partial charge in [-0.25, -0.2) is 4.79 Å². The van der Waals surface area contributed by atoms with Crippen molar-refractivity contribution in [1.29, 1.82) is 0 Å². The molecule has 0 saturated carbocycles. The van der Waals surface area contributed by atoms with Crippen molar-refractivity contribution in [3.8, 4) is 5.75 Å². The topological polar surface area (TPSA) is 42.0 Å². The van der Waals surface area contributed by atoms with Crippen LogP contribution in [0, 0.1) is 0 Å². The first-order valence-corrected chi connectivity index (χ1v) is 10.7. The normalized spacial score (nSPS) is 19.7. The molecule has 5 nitrogen and oxygen atoms in total. The summed E-state index contributed by atoms with van der Waals surface area (Å²) in [5.41, 5.74) is 3.25. The molecule has 2 aliphatic rings. The Morgan fingerprint density at radius 1 is 1.33 bits per heavy atom. The molecule has 0 saturated heterocycles. The largest absolute Gasteiger partial charge is 0.489 e. The van der Waals surface area contributed by atoms with Gasteiger partial charge < -0.3 is 19.3 Å². The average Bonchev–Trinajstić information content (AvgIpc) is 2.79. The Morgan fingerprint density at radius 3 is 2.70 bits per heavy atom. The molecule has 0 aliphatic carbocycles. The van der Waals surface area contributed by atoms with Crippen LogP contribution in [0.25, 0.3) is 0 Å². The number of halogens is 1. The minimum atomic E-state index is -0.472. The molecular weight excluding hydrogens is 408 g/mol. The van der Waals surface area contributed by atoms with Crippen LogP contribution in [0.3, 0.4) is 0 Å². The molecule has 1 amide bonds. The number of hydrogen-bond donors (Lipinski definition) is 0. The number of amides is 1. The third-order valence-electron chi connectivity index (χ3n) is 5.10. The molecule has 0 N–H and O–H groups in total. The van der Waals surface area contributed by atoms with Crippen molar-refractivity contribution in [2.45, 2.75) is 65.5 Å². The lowest BCUT2D eigenvalue weighted by Gasteiger charge is -2.38. The number of anilines is 1. The van der Waals surface area contributed by atoms with E-state index in [1.54, 1.807) is 0 Å². The zero-order valence-electron chi connectivity index (χ0n) is 17.1. The van der Waals surface area contributed by atoms with Gasteiger partial charge in [0.25, 0.3) is 0 Å². The van der Waals surface area contributed by atoms with E-state index in [0.717, 1.165) is 36.0 Å². The van der Waals surface area contributed by atoms with E-state index in [0.29, 0.717) is 25.7 Å². The van der Waals surface area contributed by atoms with E-state index in [1.807, 2.05) is 25.7 Å². The predicted octanol–water partition coefficient (Wildman–Crippen LogP) is 4.78. The molecule has 1 aromatic rings. The van der Waals surface area contributed by atoms with Gasteiger partial charge in [0.1, 0.15) is 18.0 Å². The molecule has 0 bridgehead atoms. The van der Waals surface area contributed by atoms with Gasteiger partial charge in [-0.1, -0.05) is 6.92 Å². The summed E-state index contributed by atoms with van der Waals surface area (Å²) < 4.78 is 12.8. The Bertz CT molecular complexity index is 714. The van der Waals surface area contributed by atoms with Crippen LogP contribution < -0.4 is 9.64 Å². The van der Waals surface area contributed by atoms with Gasteiger partial charge in [-0.15, -0.1) is 0 Å². The Hall–Kier alpha value is -1.43. The summed E-state index contributed by atoms with van der Waals surface area (Å²) in [6.45, 7) is 13.2. The number of fused-ring (bicyclic) bond motifs is 2. The average molecular weight is 439 g/mol. The quantitative estimate of drug-likeness (QED) is 0.665. The summed E-state index contributed by atoms with van der Waals surface area (Å²) in [6, 6.07) is 2.54. The van der Waals surface area contributed by atoms with Crippen LogP contribution >= 0.6 is 15.9 Å². The van der Waals surface area contributed by atoms with Crippen molar-refractivity contribution in [3.63, 3.8) is 0 Å². The summed E-state index contributed by atoms with van der Waals surface area (Å²) in [5, 5.41) is 0. The second kappa shape index (κ2) is 7.90. The van der Waals surface area contributed by atoms with E-state index in [1.165, 1.54) is 16.8 Å². The minimum Gasteiger partial charge on any atom is -0.489 e. The highest BCUT2D eigenvalue weighted by molar-refractivity contribution is 9.10. The van der Waals surface area contributed by atoms with E-state index in [4.69, 9.17) is 9.47 Å². The van der Waals surface area contributed by atoms with Gasteiger partial charge in [-0.05, 0) is 80.1 Å². The van der Waals surface area contributed by atoms with Crippen molar-refractivity contribution in [2.75, 3.05) is 31.1 Å². The van der Waals surface area contributed by atoms with Crippen LogP contribution in [0.5, 0.6) is 5.75 Å². The molecule has 0 unspecified atom stereocenters. The van der Waals surface area contributed by atoms with E-state index >= 15 is 0 Å². The van der Waals surface area contributed by atoms with Crippen LogP contribution in [0.2, 0.25) is 0 Å². The fraction of sp³-hybridized carbons (Fsp3) is 0.667. The lowest BCUT2D eigenvalue weighted by atomic mass is 9.99. The summed E-state index contributed by atoms with van der Waals surface area (Å²) in [5.74, 6) is 0.956. The Balaban J connectivity index is 1.87. The van der Waals surface area contributed by atoms with Gasteiger partial charge in [0, 0.05) is 24.1 Å². The van der Waals surface area contributed by atoms with E-state index in [-0.39, 0.29) is 6.09 Å². The van der Waals surface area contributed by atoms with Crippen LogP contribution in [0.1, 0.15) is 52.2 Å². The monoisotopic (exact) mass is 438 g/mol. The van der Waals surface area contributed by atoms with Crippen LogP contribution in [0.15, 0.2) is 10.5 Å². The minimum absolute atomic E-state index is 0.228. The maximum Gasteiger partial charge on any atom is 0.410 e. The Kier molecular flexibility index (Phi) is 5.94. The first kappa shape index (κ1) is 20.3. The molecule has 27 heavy (non-hydrogen) atoms. The Morgan fingerprint density at radius 2 is 2.04 bits per heavy atom. The fourth-order valence-corrected chi connectivity index (χ4v) is 4.67. The fourth-order valence-electron chi connectivity index (χ4n) is 3.79. The zero-order valence-corrected chi connectivity index (χ0v) is 18.7. The molecule has 0 fully saturated rings. The number of benzene rings is 1. The van der Waals surface area contributed by atoms with Crippen molar-refractivity contribution in [2.24, 2.45) is 0 Å². The molecule has 0 radical (unpaired) electrons. The lowest BCUT2D eigenvalue weighted by molar-refractivity contribution is 0.0258. The molecule has 3 rings (SSSR count). The number of carbonyl (C=O) groups is 1. The first-order chi connectivity index (χ1) is 12.7. The molecular formula is C21H31BrN2O3. The smallest absolute Gasteiger partial charge is 0.410 e. The molecule has 0 spiro atoms. The Labute approximate surface area is 171 Å².